The van der Waals surface area contributed by atoms with Gasteiger partial charge in [-0.3, -0.25) is 5.10 Å². The molecule has 0 atom stereocenters. The van der Waals surface area contributed by atoms with Gasteiger partial charge in [0.25, 0.3) is 0 Å². The number of pyridine rings is 1. The number of H-pyrrole nitrogens is 2. The normalized spacial score (nSPS) is 11.4. The molecule has 0 aliphatic rings. The molecule has 7 nitrogen and oxygen atoms in total. The van der Waals surface area contributed by atoms with Gasteiger partial charge in [0, 0.05) is 35.1 Å². The molecule has 0 radical (unpaired) electrons. The fraction of sp³-hybridized carbons (Fsp3) is 0.0417. The minimum absolute atomic E-state index is 0.277. The van der Waals surface area contributed by atoms with E-state index < -0.39 is 0 Å². The van der Waals surface area contributed by atoms with E-state index in [0.29, 0.717) is 17.2 Å². The van der Waals surface area contributed by atoms with Crippen molar-refractivity contribution in [1.82, 2.24) is 35.1 Å². The maximum atomic E-state index is 14.0. The second-order valence-corrected chi connectivity index (χ2v) is 7.62. The van der Waals surface area contributed by atoms with E-state index in [-0.39, 0.29) is 5.82 Å². The van der Waals surface area contributed by atoms with Crippen molar-refractivity contribution in [2.24, 2.45) is 0 Å². The van der Waals surface area contributed by atoms with Crippen molar-refractivity contribution in [2.75, 3.05) is 0 Å². The van der Waals surface area contributed by atoms with E-state index in [2.05, 4.69) is 35.1 Å². The SMILES string of the molecule is Cc1cc(F)cc(-c2ccnc3nc(-c4n[nH]c5ccc(-c6cncnc6)cc45)[nH]c23)c1. The molecule has 0 saturated heterocycles. The van der Waals surface area contributed by atoms with Crippen LogP contribution in [-0.4, -0.2) is 35.1 Å². The van der Waals surface area contributed by atoms with Gasteiger partial charge in [-0.25, -0.2) is 24.3 Å². The van der Waals surface area contributed by atoms with E-state index in [9.17, 15) is 4.39 Å². The van der Waals surface area contributed by atoms with Gasteiger partial charge in [0.2, 0.25) is 0 Å². The Morgan fingerprint density at radius 3 is 2.62 bits per heavy atom. The van der Waals surface area contributed by atoms with E-state index in [0.717, 1.165) is 44.2 Å². The summed E-state index contributed by atoms with van der Waals surface area (Å²) in [6.07, 6.45) is 6.72. The molecule has 0 fully saturated rings. The summed E-state index contributed by atoms with van der Waals surface area (Å²) in [5.41, 5.74) is 7.18. The van der Waals surface area contributed by atoms with Crippen LogP contribution in [0.3, 0.4) is 0 Å². The standard InChI is InChI=1S/C24H16FN7/c1-13-6-15(8-17(25)7-13)18-4-5-28-23-21(18)29-24(30-23)22-19-9-14(2-3-20(19)31-32-22)16-10-26-12-27-11-16/h2-12H,1H3,(H,31,32)(H,28,29,30). The van der Waals surface area contributed by atoms with Crippen LogP contribution in [-0.2, 0) is 0 Å². The summed E-state index contributed by atoms with van der Waals surface area (Å²) in [7, 11) is 0. The first kappa shape index (κ1) is 18.3. The molecule has 0 saturated carbocycles. The Kier molecular flexibility index (Phi) is 4.04. The molecule has 6 aromatic rings. The quantitative estimate of drug-likeness (QED) is 0.416. The molecule has 8 heteroatoms. The Labute approximate surface area is 181 Å². The zero-order valence-electron chi connectivity index (χ0n) is 17.0. The highest BCUT2D eigenvalue weighted by Crippen LogP contribution is 2.32. The number of benzene rings is 2. The van der Waals surface area contributed by atoms with Crippen LogP contribution in [0.1, 0.15) is 5.56 Å². The number of hydrogen-bond acceptors (Lipinski definition) is 5. The third kappa shape index (κ3) is 3.01. The lowest BCUT2D eigenvalue weighted by Crippen LogP contribution is -1.86. The van der Waals surface area contributed by atoms with Gasteiger partial charge in [0.15, 0.2) is 11.5 Å². The molecule has 2 N–H and O–H groups in total. The maximum absolute atomic E-state index is 14.0. The molecule has 0 bridgehead atoms. The number of rotatable bonds is 3. The average Bonchev–Trinajstić information content (AvgIpc) is 3.42. The van der Waals surface area contributed by atoms with Crippen LogP contribution in [0.4, 0.5) is 4.39 Å². The number of aromatic nitrogens is 7. The highest BCUT2D eigenvalue weighted by molar-refractivity contribution is 5.97. The van der Waals surface area contributed by atoms with Crippen LogP contribution >= 0.6 is 0 Å². The van der Waals surface area contributed by atoms with Gasteiger partial charge in [-0.15, -0.1) is 0 Å². The Morgan fingerprint density at radius 1 is 0.906 bits per heavy atom. The van der Waals surface area contributed by atoms with Gasteiger partial charge in [-0.05, 0) is 53.9 Å². The lowest BCUT2D eigenvalue weighted by molar-refractivity contribution is 0.627. The third-order valence-corrected chi connectivity index (χ3v) is 5.43. The fourth-order valence-electron chi connectivity index (χ4n) is 3.98. The van der Waals surface area contributed by atoms with Crippen molar-refractivity contribution >= 4 is 22.1 Å². The van der Waals surface area contributed by atoms with Crippen molar-refractivity contribution in [1.29, 1.82) is 0 Å². The van der Waals surface area contributed by atoms with Gasteiger partial charge >= 0.3 is 0 Å². The molecule has 32 heavy (non-hydrogen) atoms. The van der Waals surface area contributed by atoms with Gasteiger partial charge in [-0.1, -0.05) is 12.1 Å². The molecule has 0 aliphatic carbocycles. The zero-order chi connectivity index (χ0) is 21.7. The van der Waals surface area contributed by atoms with Crippen LogP contribution in [0.5, 0.6) is 0 Å². The number of aromatic amines is 2. The topological polar surface area (TPSA) is 96.0 Å². The van der Waals surface area contributed by atoms with Gasteiger partial charge in [-0.2, -0.15) is 5.10 Å². The lowest BCUT2D eigenvalue weighted by atomic mass is 10.0. The predicted molar refractivity (Wildman–Crippen MR) is 120 cm³/mol. The van der Waals surface area contributed by atoms with Crippen molar-refractivity contribution < 1.29 is 4.39 Å². The van der Waals surface area contributed by atoms with Crippen molar-refractivity contribution in [2.45, 2.75) is 6.92 Å². The summed E-state index contributed by atoms with van der Waals surface area (Å²) >= 11 is 0. The number of hydrogen-bond donors (Lipinski definition) is 2. The molecule has 4 heterocycles. The second kappa shape index (κ2) is 7.05. The molecule has 4 aromatic heterocycles. The molecule has 6 rings (SSSR count). The number of nitrogens with one attached hydrogen (secondary N) is 2. The van der Waals surface area contributed by atoms with Crippen molar-refractivity contribution in [3.05, 3.63) is 78.8 Å². The number of nitrogens with zero attached hydrogens (tertiary/aromatic N) is 5. The highest BCUT2D eigenvalue weighted by Gasteiger charge is 2.16. The van der Waals surface area contributed by atoms with Crippen LogP contribution < -0.4 is 0 Å². The Bertz CT molecular complexity index is 1580. The minimum atomic E-state index is -0.277. The molecule has 0 aliphatic heterocycles. The minimum Gasteiger partial charge on any atom is -0.335 e. The third-order valence-electron chi connectivity index (χ3n) is 5.43. The second-order valence-electron chi connectivity index (χ2n) is 7.62. The summed E-state index contributed by atoms with van der Waals surface area (Å²) in [6.45, 7) is 1.87. The Balaban J connectivity index is 1.52. The van der Waals surface area contributed by atoms with Gasteiger partial charge < -0.3 is 4.98 Å². The predicted octanol–water partition coefficient (Wildman–Crippen LogP) is 5.07. The number of aryl methyl sites for hydroxylation is 1. The smallest absolute Gasteiger partial charge is 0.178 e. The van der Waals surface area contributed by atoms with E-state index in [4.69, 9.17) is 0 Å². The summed E-state index contributed by atoms with van der Waals surface area (Å²) in [5.74, 6) is 0.307. The van der Waals surface area contributed by atoms with Crippen molar-refractivity contribution in [3.8, 4) is 33.8 Å². The van der Waals surface area contributed by atoms with Gasteiger partial charge in [0.1, 0.15) is 17.8 Å². The maximum Gasteiger partial charge on any atom is 0.178 e. The molecule has 0 spiro atoms. The van der Waals surface area contributed by atoms with Crippen LogP contribution in [0.2, 0.25) is 0 Å². The van der Waals surface area contributed by atoms with Gasteiger partial charge in [0.05, 0.1) is 11.0 Å². The lowest BCUT2D eigenvalue weighted by Gasteiger charge is -2.04. The molecular weight excluding hydrogens is 405 g/mol. The highest BCUT2D eigenvalue weighted by atomic mass is 19.1. The Hall–Kier alpha value is -4.46. The first-order valence-electron chi connectivity index (χ1n) is 10.0. The number of imidazole rings is 1. The van der Waals surface area contributed by atoms with E-state index in [1.54, 1.807) is 18.6 Å². The van der Waals surface area contributed by atoms with Crippen LogP contribution in [0, 0.1) is 12.7 Å². The average molecular weight is 421 g/mol. The van der Waals surface area contributed by atoms with E-state index >= 15 is 0 Å². The molecule has 0 unspecified atom stereocenters. The Morgan fingerprint density at radius 2 is 1.78 bits per heavy atom. The van der Waals surface area contributed by atoms with Crippen LogP contribution in [0.15, 0.2) is 67.4 Å². The zero-order valence-corrected chi connectivity index (χ0v) is 17.0. The first-order chi connectivity index (χ1) is 15.7. The summed E-state index contributed by atoms with van der Waals surface area (Å²) in [6, 6.07) is 12.8. The molecular formula is C24H16FN7. The monoisotopic (exact) mass is 421 g/mol. The molecule has 2 aromatic carbocycles. The van der Waals surface area contributed by atoms with E-state index in [1.165, 1.54) is 18.5 Å². The van der Waals surface area contributed by atoms with Crippen molar-refractivity contribution in [3.63, 3.8) is 0 Å². The number of fused-ring (bicyclic) bond motifs is 2. The summed E-state index contributed by atoms with van der Waals surface area (Å²) in [5, 5.41) is 8.46. The summed E-state index contributed by atoms with van der Waals surface area (Å²) in [4.78, 5) is 20.6. The fourth-order valence-corrected chi connectivity index (χ4v) is 3.98. The summed E-state index contributed by atoms with van der Waals surface area (Å²) < 4.78 is 14.0. The molecule has 154 valence electrons. The molecule has 0 amide bonds. The van der Waals surface area contributed by atoms with E-state index in [1.807, 2.05) is 37.3 Å². The largest absolute Gasteiger partial charge is 0.335 e. The van der Waals surface area contributed by atoms with Crippen LogP contribution in [0.25, 0.3) is 55.8 Å². The number of halogens is 1. The first-order valence-corrected chi connectivity index (χ1v) is 10.0.